The van der Waals surface area contributed by atoms with Crippen LogP contribution in [0.25, 0.3) is 0 Å². The number of nitrogens with two attached hydrogens (primary N) is 1. The molecule has 110 valence electrons. The van der Waals surface area contributed by atoms with E-state index in [1.807, 2.05) is 0 Å². The number of aryl methyl sites for hydroxylation is 1. The lowest BCUT2D eigenvalue weighted by Crippen LogP contribution is -2.36. The highest BCUT2D eigenvalue weighted by Crippen LogP contribution is 2.29. The molecule has 0 radical (unpaired) electrons. The van der Waals surface area contributed by atoms with Gasteiger partial charge in [0.2, 0.25) is 0 Å². The van der Waals surface area contributed by atoms with E-state index in [2.05, 4.69) is 24.3 Å². The van der Waals surface area contributed by atoms with Gasteiger partial charge in [-0.05, 0) is 54.4 Å². The lowest BCUT2D eigenvalue weighted by atomic mass is 9.79. The van der Waals surface area contributed by atoms with Gasteiger partial charge in [-0.15, -0.1) is 0 Å². The molecule has 0 bridgehead atoms. The molecular formula is C18H19ClFN. The van der Waals surface area contributed by atoms with Gasteiger partial charge >= 0.3 is 0 Å². The number of hydrogen-bond donors (Lipinski definition) is 1. The maximum atomic E-state index is 14.0. The number of fused-ring (bicyclic) bond motifs is 1. The molecule has 0 spiro atoms. The highest BCUT2D eigenvalue weighted by atomic mass is 35.5. The molecule has 1 aliphatic carbocycles. The van der Waals surface area contributed by atoms with Crippen LogP contribution in [0.3, 0.4) is 0 Å². The third kappa shape index (κ3) is 3.12. The molecule has 0 fully saturated rings. The minimum absolute atomic E-state index is 0.0358. The summed E-state index contributed by atoms with van der Waals surface area (Å²) >= 11 is 5.83. The zero-order valence-corrected chi connectivity index (χ0v) is 12.6. The van der Waals surface area contributed by atoms with Crippen LogP contribution in [-0.4, -0.2) is 6.04 Å². The van der Waals surface area contributed by atoms with Crippen molar-refractivity contribution in [3.05, 3.63) is 70.0 Å². The first-order valence-corrected chi connectivity index (χ1v) is 7.78. The Morgan fingerprint density at radius 3 is 2.71 bits per heavy atom. The van der Waals surface area contributed by atoms with Crippen molar-refractivity contribution >= 4 is 11.6 Å². The van der Waals surface area contributed by atoms with E-state index >= 15 is 0 Å². The van der Waals surface area contributed by atoms with E-state index in [4.69, 9.17) is 17.3 Å². The van der Waals surface area contributed by atoms with Crippen LogP contribution in [0.2, 0.25) is 5.02 Å². The van der Waals surface area contributed by atoms with Gasteiger partial charge in [-0.25, -0.2) is 4.39 Å². The molecule has 0 heterocycles. The summed E-state index contributed by atoms with van der Waals surface area (Å²) in [7, 11) is 0. The molecule has 21 heavy (non-hydrogen) atoms. The minimum Gasteiger partial charge on any atom is -0.327 e. The highest BCUT2D eigenvalue weighted by molar-refractivity contribution is 6.30. The number of benzene rings is 2. The summed E-state index contributed by atoms with van der Waals surface area (Å²) in [6.45, 7) is 0. The molecule has 0 saturated heterocycles. The maximum Gasteiger partial charge on any atom is 0.145 e. The summed E-state index contributed by atoms with van der Waals surface area (Å²) in [5, 5.41) is 0.175. The molecule has 0 aliphatic heterocycles. The lowest BCUT2D eigenvalue weighted by Gasteiger charge is -2.29. The van der Waals surface area contributed by atoms with E-state index in [9.17, 15) is 4.39 Å². The van der Waals surface area contributed by atoms with Crippen molar-refractivity contribution in [2.75, 3.05) is 0 Å². The Morgan fingerprint density at radius 2 is 1.90 bits per heavy atom. The first-order valence-electron chi connectivity index (χ1n) is 7.40. The summed E-state index contributed by atoms with van der Waals surface area (Å²) in [6, 6.07) is 13.6. The van der Waals surface area contributed by atoms with E-state index < -0.39 is 0 Å². The second kappa shape index (κ2) is 6.17. The fraction of sp³-hybridized carbons (Fsp3) is 0.333. The molecule has 1 nitrogen and oxygen atoms in total. The van der Waals surface area contributed by atoms with Crippen LogP contribution in [0.4, 0.5) is 4.39 Å². The summed E-state index contributed by atoms with van der Waals surface area (Å²) in [5.74, 6) is 0.0732. The predicted molar refractivity (Wildman–Crippen MR) is 85.0 cm³/mol. The number of hydrogen-bond acceptors (Lipinski definition) is 1. The molecule has 0 aromatic heterocycles. The van der Waals surface area contributed by atoms with Crippen LogP contribution in [0.5, 0.6) is 0 Å². The van der Waals surface area contributed by atoms with E-state index in [1.165, 1.54) is 11.1 Å². The van der Waals surface area contributed by atoms with Crippen LogP contribution in [0, 0.1) is 11.7 Å². The summed E-state index contributed by atoms with van der Waals surface area (Å²) in [5.41, 5.74) is 9.78. The van der Waals surface area contributed by atoms with Crippen molar-refractivity contribution in [2.24, 2.45) is 11.7 Å². The Kier molecular flexibility index (Phi) is 4.27. The van der Waals surface area contributed by atoms with Crippen molar-refractivity contribution < 1.29 is 4.39 Å². The molecule has 0 amide bonds. The Balaban J connectivity index is 1.72. The first-order chi connectivity index (χ1) is 10.1. The Hall–Kier alpha value is -1.38. The van der Waals surface area contributed by atoms with Gasteiger partial charge < -0.3 is 5.73 Å². The second-order valence-electron chi connectivity index (χ2n) is 5.85. The SMILES string of the molecule is NC(Cc1cccc(Cl)c1F)C1CCc2ccccc2C1. The third-order valence-electron chi connectivity index (χ3n) is 4.48. The average molecular weight is 304 g/mol. The van der Waals surface area contributed by atoms with Crippen molar-refractivity contribution in [1.29, 1.82) is 0 Å². The van der Waals surface area contributed by atoms with Crippen molar-refractivity contribution in [3.8, 4) is 0 Å². The van der Waals surface area contributed by atoms with E-state index in [0.717, 1.165) is 19.3 Å². The molecule has 2 atom stereocenters. The topological polar surface area (TPSA) is 26.0 Å². The van der Waals surface area contributed by atoms with E-state index in [1.54, 1.807) is 18.2 Å². The first kappa shape index (κ1) is 14.6. The number of rotatable bonds is 3. The Bertz CT molecular complexity index is 641. The Labute approximate surface area is 129 Å². The van der Waals surface area contributed by atoms with Gasteiger partial charge in [0.1, 0.15) is 5.82 Å². The fourth-order valence-corrected chi connectivity index (χ4v) is 3.41. The standard InChI is InChI=1S/C18H19ClFN/c19-16-7-3-6-15(18(16)20)11-17(21)14-9-8-12-4-1-2-5-13(12)10-14/h1-7,14,17H,8-11,21H2. The van der Waals surface area contributed by atoms with Gasteiger partial charge in [0.05, 0.1) is 5.02 Å². The lowest BCUT2D eigenvalue weighted by molar-refractivity contribution is 0.369. The predicted octanol–water partition coefficient (Wildman–Crippen LogP) is 4.15. The van der Waals surface area contributed by atoms with Crippen LogP contribution in [0.1, 0.15) is 23.1 Å². The molecule has 2 N–H and O–H groups in total. The zero-order valence-electron chi connectivity index (χ0n) is 11.9. The molecule has 3 rings (SSSR count). The summed E-state index contributed by atoms with van der Waals surface area (Å²) < 4.78 is 14.0. The van der Waals surface area contributed by atoms with Gasteiger partial charge in [-0.1, -0.05) is 48.0 Å². The van der Waals surface area contributed by atoms with Gasteiger partial charge in [-0.3, -0.25) is 0 Å². The molecule has 2 unspecified atom stereocenters. The Morgan fingerprint density at radius 1 is 1.14 bits per heavy atom. The molecule has 1 aliphatic rings. The van der Waals surface area contributed by atoms with Crippen LogP contribution in [0.15, 0.2) is 42.5 Å². The molecular weight excluding hydrogens is 285 g/mol. The van der Waals surface area contributed by atoms with Gasteiger partial charge in [0.15, 0.2) is 0 Å². The van der Waals surface area contributed by atoms with Crippen LogP contribution < -0.4 is 5.73 Å². The fourth-order valence-electron chi connectivity index (χ4n) is 3.22. The second-order valence-corrected chi connectivity index (χ2v) is 6.26. The zero-order chi connectivity index (χ0) is 14.8. The summed E-state index contributed by atoms with van der Waals surface area (Å²) in [4.78, 5) is 0. The minimum atomic E-state index is -0.328. The van der Waals surface area contributed by atoms with Gasteiger partial charge in [-0.2, -0.15) is 0 Å². The normalized spacial score (nSPS) is 19.1. The average Bonchev–Trinajstić information content (AvgIpc) is 2.51. The molecule has 2 aromatic carbocycles. The van der Waals surface area contributed by atoms with Crippen molar-refractivity contribution in [2.45, 2.75) is 31.7 Å². The third-order valence-corrected chi connectivity index (χ3v) is 4.77. The van der Waals surface area contributed by atoms with Crippen LogP contribution in [-0.2, 0) is 19.3 Å². The van der Waals surface area contributed by atoms with Crippen molar-refractivity contribution in [1.82, 2.24) is 0 Å². The van der Waals surface area contributed by atoms with E-state index in [-0.39, 0.29) is 16.9 Å². The number of halogens is 2. The van der Waals surface area contributed by atoms with Crippen LogP contribution >= 0.6 is 11.6 Å². The monoisotopic (exact) mass is 303 g/mol. The van der Waals surface area contributed by atoms with Crippen molar-refractivity contribution in [3.63, 3.8) is 0 Å². The smallest absolute Gasteiger partial charge is 0.145 e. The maximum absolute atomic E-state index is 14.0. The summed E-state index contributed by atoms with van der Waals surface area (Å²) in [6.07, 6.45) is 3.66. The quantitative estimate of drug-likeness (QED) is 0.905. The molecule has 2 aromatic rings. The largest absolute Gasteiger partial charge is 0.327 e. The van der Waals surface area contributed by atoms with Gasteiger partial charge in [0.25, 0.3) is 0 Å². The molecule has 3 heteroatoms. The van der Waals surface area contributed by atoms with E-state index in [0.29, 0.717) is 17.9 Å². The van der Waals surface area contributed by atoms with Gasteiger partial charge in [0, 0.05) is 6.04 Å². The highest BCUT2D eigenvalue weighted by Gasteiger charge is 2.24. The molecule has 0 saturated carbocycles.